The molecule has 2 rings (SSSR count). The van der Waals surface area contributed by atoms with E-state index in [1.807, 2.05) is 24.0 Å². The molecular weight excluding hydrogens is 174 g/mol. The van der Waals surface area contributed by atoms with Gasteiger partial charge in [0.1, 0.15) is 0 Å². The average molecular weight is 189 g/mol. The third-order valence-electron chi connectivity index (χ3n) is 2.85. The lowest BCUT2D eigenvalue weighted by Crippen LogP contribution is -2.50. The van der Waals surface area contributed by atoms with Crippen molar-refractivity contribution in [3.63, 3.8) is 0 Å². The van der Waals surface area contributed by atoms with Gasteiger partial charge in [-0.3, -0.25) is 4.79 Å². The normalized spacial score (nSPS) is 20.9. The molecule has 2 nitrogen and oxygen atoms in total. The van der Waals surface area contributed by atoms with E-state index in [0.29, 0.717) is 0 Å². The van der Waals surface area contributed by atoms with Crippen molar-refractivity contribution in [3.05, 3.63) is 35.4 Å². The Hall–Kier alpha value is -1.31. The monoisotopic (exact) mass is 189 g/mol. The quantitative estimate of drug-likeness (QED) is 0.651. The number of carbonyl (C=O) groups excluding carboxylic acids is 1. The van der Waals surface area contributed by atoms with Gasteiger partial charge in [-0.15, -0.1) is 0 Å². The molecule has 0 aromatic heterocycles. The van der Waals surface area contributed by atoms with Crippen molar-refractivity contribution in [1.29, 1.82) is 0 Å². The van der Waals surface area contributed by atoms with Crippen LogP contribution in [0.1, 0.15) is 18.1 Å². The van der Waals surface area contributed by atoms with Crippen LogP contribution in [0.3, 0.4) is 0 Å². The van der Waals surface area contributed by atoms with E-state index >= 15 is 0 Å². The summed E-state index contributed by atoms with van der Waals surface area (Å²) >= 11 is 0. The second-order valence-electron chi connectivity index (χ2n) is 4.05. The van der Waals surface area contributed by atoms with Crippen LogP contribution in [-0.4, -0.2) is 17.4 Å². The molecule has 1 fully saturated rings. The maximum atomic E-state index is 11.4. The van der Waals surface area contributed by atoms with E-state index in [-0.39, 0.29) is 11.8 Å². The van der Waals surface area contributed by atoms with Crippen molar-refractivity contribution in [2.75, 3.05) is 6.54 Å². The van der Waals surface area contributed by atoms with Gasteiger partial charge in [0.15, 0.2) is 0 Å². The van der Waals surface area contributed by atoms with Crippen LogP contribution in [0.15, 0.2) is 24.3 Å². The van der Waals surface area contributed by atoms with Gasteiger partial charge in [-0.2, -0.15) is 0 Å². The lowest BCUT2D eigenvalue weighted by Gasteiger charge is -2.36. The molecule has 1 atom stereocenters. The van der Waals surface area contributed by atoms with E-state index in [0.717, 1.165) is 13.1 Å². The molecule has 0 aliphatic carbocycles. The van der Waals surface area contributed by atoms with E-state index in [9.17, 15) is 4.79 Å². The Balaban J connectivity index is 2.06. The highest BCUT2D eigenvalue weighted by Crippen LogP contribution is 2.20. The van der Waals surface area contributed by atoms with Crippen molar-refractivity contribution in [3.8, 4) is 0 Å². The summed E-state index contributed by atoms with van der Waals surface area (Å²) in [6.07, 6.45) is 0. The minimum absolute atomic E-state index is 0.235. The largest absolute Gasteiger partial charge is 0.337 e. The van der Waals surface area contributed by atoms with Crippen LogP contribution in [0, 0.1) is 12.8 Å². The Bertz CT molecular complexity index is 359. The van der Waals surface area contributed by atoms with Crippen LogP contribution in [0.4, 0.5) is 0 Å². The molecule has 14 heavy (non-hydrogen) atoms. The van der Waals surface area contributed by atoms with Gasteiger partial charge in [-0.05, 0) is 18.1 Å². The molecule has 1 aromatic rings. The lowest BCUT2D eigenvalue weighted by molar-refractivity contribution is -0.147. The van der Waals surface area contributed by atoms with Crippen molar-refractivity contribution >= 4 is 5.91 Å². The fourth-order valence-corrected chi connectivity index (χ4v) is 1.83. The van der Waals surface area contributed by atoms with Crippen LogP contribution in [-0.2, 0) is 11.3 Å². The summed E-state index contributed by atoms with van der Waals surface area (Å²) < 4.78 is 0. The van der Waals surface area contributed by atoms with Gasteiger partial charge in [0, 0.05) is 13.1 Å². The molecule has 0 bridgehead atoms. The summed E-state index contributed by atoms with van der Waals surface area (Å²) in [4.78, 5) is 13.3. The summed E-state index contributed by atoms with van der Waals surface area (Å²) in [7, 11) is 0. The first-order chi connectivity index (χ1) is 6.68. The van der Waals surface area contributed by atoms with Gasteiger partial charge in [-0.25, -0.2) is 0 Å². The first kappa shape index (κ1) is 9.25. The maximum absolute atomic E-state index is 11.4. The molecular formula is C12H15NO. The molecule has 0 N–H and O–H groups in total. The Morgan fingerprint density at radius 3 is 2.71 bits per heavy atom. The molecule has 0 spiro atoms. The van der Waals surface area contributed by atoms with E-state index in [1.165, 1.54) is 11.1 Å². The van der Waals surface area contributed by atoms with Crippen LogP contribution >= 0.6 is 0 Å². The molecule has 1 saturated heterocycles. The smallest absolute Gasteiger partial charge is 0.227 e. The highest BCUT2D eigenvalue weighted by atomic mass is 16.2. The molecule has 1 heterocycles. The number of carbonyl (C=O) groups is 1. The van der Waals surface area contributed by atoms with Crippen molar-refractivity contribution in [2.45, 2.75) is 20.4 Å². The van der Waals surface area contributed by atoms with Crippen molar-refractivity contribution in [1.82, 2.24) is 4.90 Å². The molecule has 2 heteroatoms. The first-order valence-corrected chi connectivity index (χ1v) is 5.02. The van der Waals surface area contributed by atoms with Crippen LogP contribution in [0.2, 0.25) is 0 Å². The Labute approximate surface area is 84.5 Å². The highest BCUT2D eigenvalue weighted by molar-refractivity contribution is 5.84. The van der Waals surface area contributed by atoms with Gasteiger partial charge < -0.3 is 4.90 Å². The topological polar surface area (TPSA) is 20.3 Å². The predicted molar refractivity (Wildman–Crippen MR) is 55.8 cm³/mol. The standard InChI is InChI=1S/C12H15NO/c1-9-5-3-4-6-11(9)8-13-7-10(2)12(13)14/h3-6,10H,7-8H2,1-2H3. The Morgan fingerprint density at radius 2 is 2.14 bits per heavy atom. The summed E-state index contributed by atoms with van der Waals surface area (Å²) in [6, 6.07) is 8.23. The second-order valence-corrected chi connectivity index (χ2v) is 4.05. The molecule has 74 valence electrons. The van der Waals surface area contributed by atoms with Crippen LogP contribution in [0.25, 0.3) is 0 Å². The zero-order valence-electron chi connectivity index (χ0n) is 8.66. The Morgan fingerprint density at radius 1 is 1.43 bits per heavy atom. The summed E-state index contributed by atoms with van der Waals surface area (Å²) in [5.41, 5.74) is 2.52. The van der Waals surface area contributed by atoms with Gasteiger partial charge in [-0.1, -0.05) is 31.2 Å². The fourth-order valence-electron chi connectivity index (χ4n) is 1.83. The van der Waals surface area contributed by atoms with E-state index < -0.39 is 0 Å². The fraction of sp³-hybridized carbons (Fsp3) is 0.417. The molecule has 1 unspecified atom stereocenters. The number of hydrogen-bond acceptors (Lipinski definition) is 1. The minimum atomic E-state index is 0.235. The number of amides is 1. The van der Waals surface area contributed by atoms with E-state index in [4.69, 9.17) is 0 Å². The molecule has 1 aliphatic heterocycles. The van der Waals surface area contributed by atoms with E-state index in [1.54, 1.807) is 0 Å². The molecule has 1 aliphatic rings. The Kier molecular flexibility index (Phi) is 2.28. The molecule has 1 amide bonds. The maximum Gasteiger partial charge on any atom is 0.227 e. The van der Waals surface area contributed by atoms with Gasteiger partial charge in [0.05, 0.1) is 5.92 Å². The first-order valence-electron chi connectivity index (χ1n) is 5.02. The summed E-state index contributed by atoms with van der Waals surface area (Å²) in [6.45, 7) is 5.75. The molecule has 0 saturated carbocycles. The van der Waals surface area contributed by atoms with Crippen molar-refractivity contribution in [2.24, 2.45) is 5.92 Å². The van der Waals surface area contributed by atoms with Crippen LogP contribution < -0.4 is 0 Å². The average Bonchev–Trinajstić information content (AvgIpc) is 2.20. The van der Waals surface area contributed by atoms with E-state index in [2.05, 4.69) is 19.1 Å². The molecule has 1 aromatic carbocycles. The van der Waals surface area contributed by atoms with Gasteiger partial charge >= 0.3 is 0 Å². The SMILES string of the molecule is Cc1ccccc1CN1CC(C)C1=O. The zero-order valence-corrected chi connectivity index (χ0v) is 8.66. The number of β-lactam (4-membered cyclic amide) rings is 1. The summed E-state index contributed by atoms with van der Waals surface area (Å²) in [5, 5.41) is 0. The zero-order chi connectivity index (χ0) is 10.1. The molecule has 0 radical (unpaired) electrons. The number of rotatable bonds is 2. The predicted octanol–water partition coefficient (Wildman–Crippen LogP) is 1.97. The number of likely N-dealkylation sites (tertiary alicyclic amines) is 1. The minimum Gasteiger partial charge on any atom is -0.337 e. The summed E-state index contributed by atoms with van der Waals surface area (Å²) in [5.74, 6) is 0.521. The number of hydrogen-bond donors (Lipinski definition) is 0. The highest BCUT2D eigenvalue weighted by Gasteiger charge is 2.32. The third-order valence-corrected chi connectivity index (χ3v) is 2.85. The number of nitrogens with zero attached hydrogens (tertiary/aromatic N) is 1. The van der Waals surface area contributed by atoms with Gasteiger partial charge in [0.2, 0.25) is 5.91 Å². The van der Waals surface area contributed by atoms with Crippen molar-refractivity contribution < 1.29 is 4.79 Å². The van der Waals surface area contributed by atoms with Gasteiger partial charge in [0.25, 0.3) is 0 Å². The number of benzene rings is 1. The number of aryl methyl sites for hydroxylation is 1. The lowest BCUT2D eigenvalue weighted by atomic mass is 9.99. The third kappa shape index (κ3) is 1.52. The van der Waals surface area contributed by atoms with Crippen LogP contribution in [0.5, 0.6) is 0 Å². The second kappa shape index (κ2) is 3.45.